The highest BCUT2D eigenvalue weighted by molar-refractivity contribution is 7.09. The highest BCUT2D eigenvalue weighted by Gasteiger charge is 2.09. The van der Waals surface area contributed by atoms with Crippen LogP contribution in [0.4, 0.5) is 4.39 Å². The molecule has 7 heteroatoms. The van der Waals surface area contributed by atoms with Gasteiger partial charge in [0.2, 0.25) is 0 Å². The topological polar surface area (TPSA) is 64.0 Å². The van der Waals surface area contributed by atoms with Gasteiger partial charge in [0.15, 0.2) is 0 Å². The van der Waals surface area contributed by atoms with E-state index in [1.807, 2.05) is 12.3 Å². The minimum Gasteiger partial charge on any atom is -0.345 e. The molecule has 0 aliphatic carbocycles. The van der Waals surface area contributed by atoms with Crippen LogP contribution < -0.4 is 10.9 Å². The summed E-state index contributed by atoms with van der Waals surface area (Å²) < 4.78 is 14.3. The number of nitrogens with one attached hydrogen (secondary N) is 1. The fourth-order valence-electron chi connectivity index (χ4n) is 2.17. The monoisotopic (exact) mass is 343 g/mol. The average molecular weight is 343 g/mol. The van der Waals surface area contributed by atoms with Gasteiger partial charge in [-0.15, -0.1) is 11.3 Å². The van der Waals surface area contributed by atoms with Crippen LogP contribution in [-0.4, -0.2) is 15.5 Å². The van der Waals surface area contributed by atoms with Crippen LogP contribution in [0, 0.1) is 12.7 Å². The lowest BCUT2D eigenvalue weighted by Gasteiger charge is -2.08. The first-order chi connectivity index (χ1) is 11.5. The molecule has 0 radical (unpaired) electrons. The van der Waals surface area contributed by atoms with Crippen molar-refractivity contribution in [3.05, 3.63) is 80.4 Å². The number of pyridine rings is 1. The minimum absolute atomic E-state index is 0.297. The third-order valence-corrected chi connectivity index (χ3v) is 4.31. The predicted octanol–water partition coefficient (Wildman–Crippen LogP) is 2.67. The number of nitrogens with zero attached hydrogens (tertiary/aromatic N) is 2. The average Bonchev–Trinajstić information content (AvgIpc) is 2.99. The van der Waals surface area contributed by atoms with Crippen molar-refractivity contribution in [3.8, 4) is 5.69 Å². The Bertz CT molecular complexity index is 932. The number of hydrogen-bond donors (Lipinski definition) is 1. The number of amides is 1. The second kappa shape index (κ2) is 6.76. The van der Waals surface area contributed by atoms with E-state index in [1.54, 1.807) is 0 Å². The summed E-state index contributed by atoms with van der Waals surface area (Å²) >= 11 is 1.47. The van der Waals surface area contributed by atoms with Gasteiger partial charge in [0.1, 0.15) is 10.8 Å². The number of hydrogen-bond acceptors (Lipinski definition) is 4. The van der Waals surface area contributed by atoms with Crippen LogP contribution in [0.5, 0.6) is 0 Å². The molecule has 0 atom stereocenters. The summed E-state index contributed by atoms with van der Waals surface area (Å²) in [7, 11) is 0. The Balaban J connectivity index is 1.81. The van der Waals surface area contributed by atoms with E-state index in [0.717, 1.165) is 10.7 Å². The molecule has 2 heterocycles. The molecule has 0 aliphatic heterocycles. The molecule has 122 valence electrons. The van der Waals surface area contributed by atoms with Gasteiger partial charge < -0.3 is 5.32 Å². The van der Waals surface area contributed by atoms with Crippen LogP contribution >= 0.6 is 11.3 Å². The molecule has 1 aromatic carbocycles. The maximum absolute atomic E-state index is 13.0. The van der Waals surface area contributed by atoms with Crippen molar-refractivity contribution < 1.29 is 9.18 Å². The van der Waals surface area contributed by atoms with E-state index in [1.165, 1.54) is 58.5 Å². The van der Waals surface area contributed by atoms with Crippen LogP contribution in [0.3, 0.4) is 0 Å². The van der Waals surface area contributed by atoms with Gasteiger partial charge in [-0.1, -0.05) is 0 Å². The summed E-state index contributed by atoms with van der Waals surface area (Å²) in [6.45, 7) is 2.22. The summed E-state index contributed by atoms with van der Waals surface area (Å²) in [6, 6.07) is 8.27. The molecule has 0 saturated carbocycles. The fourth-order valence-corrected chi connectivity index (χ4v) is 2.88. The fraction of sp³-hybridized carbons (Fsp3) is 0.118. The molecule has 0 fully saturated rings. The largest absolute Gasteiger partial charge is 0.345 e. The Morgan fingerprint density at radius 1 is 1.25 bits per heavy atom. The Hall–Kier alpha value is -2.80. The first-order valence-electron chi connectivity index (χ1n) is 7.21. The molecule has 0 spiro atoms. The standard InChI is InChI=1S/C17H14FN3O2S/c1-11-10-24-15(20-11)8-19-17(23)12-2-7-16(22)21(9-12)14-5-3-13(18)4-6-14/h2-7,9-10H,8H2,1H3,(H,19,23). The lowest BCUT2D eigenvalue weighted by Crippen LogP contribution is -2.25. The maximum atomic E-state index is 13.0. The molecule has 0 saturated heterocycles. The van der Waals surface area contributed by atoms with Crippen molar-refractivity contribution in [1.82, 2.24) is 14.9 Å². The maximum Gasteiger partial charge on any atom is 0.255 e. The zero-order chi connectivity index (χ0) is 17.1. The molecule has 0 bridgehead atoms. The number of halogens is 1. The number of aromatic nitrogens is 2. The van der Waals surface area contributed by atoms with Gasteiger partial charge in [-0.25, -0.2) is 9.37 Å². The van der Waals surface area contributed by atoms with E-state index in [4.69, 9.17) is 0 Å². The van der Waals surface area contributed by atoms with Crippen LogP contribution in [0.2, 0.25) is 0 Å². The lowest BCUT2D eigenvalue weighted by atomic mass is 10.2. The molecular formula is C17H14FN3O2S. The van der Waals surface area contributed by atoms with Crippen molar-refractivity contribution in [3.63, 3.8) is 0 Å². The Kier molecular flexibility index (Phi) is 4.52. The van der Waals surface area contributed by atoms with Crippen molar-refractivity contribution >= 4 is 17.2 Å². The van der Waals surface area contributed by atoms with E-state index in [9.17, 15) is 14.0 Å². The molecular weight excluding hydrogens is 329 g/mol. The van der Waals surface area contributed by atoms with Crippen molar-refractivity contribution in [1.29, 1.82) is 0 Å². The Morgan fingerprint density at radius 3 is 2.67 bits per heavy atom. The first kappa shape index (κ1) is 16.1. The second-order valence-corrected chi connectivity index (χ2v) is 6.11. The molecule has 0 unspecified atom stereocenters. The summed E-state index contributed by atoms with van der Waals surface area (Å²) in [4.78, 5) is 28.5. The van der Waals surface area contributed by atoms with Gasteiger partial charge in [0.25, 0.3) is 11.5 Å². The molecule has 5 nitrogen and oxygen atoms in total. The number of thiazole rings is 1. The molecule has 24 heavy (non-hydrogen) atoms. The minimum atomic E-state index is -0.389. The molecule has 0 aliphatic rings. The molecule has 3 aromatic rings. The number of benzene rings is 1. The molecule has 1 amide bonds. The SMILES string of the molecule is Cc1csc(CNC(=O)c2ccc(=O)n(-c3ccc(F)cc3)c2)n1. The van der Waals surface area contributed by atoms with Gasteiger partial charge in [0, 0.05) is 29.0 Å². The van der Waals surface area contributed by atoms with E-state index >= 15 is 0 Å². The van der Waals surface area contributed by atoms with E-state index in [0.29, 0.717) is 17.8 Å². The summed E-state index contributed by atoms with van der Waals surface area (Å²) in [5, 5.41) is 5.50. The van der Waals surface area contributed by atoms with Crippen LogP contribution in [-0.2, 0) is 6.54 Å². The lowest BCUT2D eigenvalue weighted by molar-refractivity contribution is 0.0950. The quantitative estimate of drug-likeness (QED) is 0.792. The van der Waals surface area contributed by atoms with E-state index in [2.05, 4.69) is 10.3 Å². The smallest absolute Gasteiger partial charge is 0.255 e. The first-order valence-corrected chi connectivity index (χ1v) is 8.09. The molecule has 1 N–H and O–H groups in total. The Morgan fingerprint density at radius 2 is 2.00 bits per heavy atom. The Labute approximate surface area is 141 Å². The van der Waals surface area contributed by atoms with E-state index < -0.39 is 0 Å². The summed E-state index contributed by atoms with van der Waals surface area (Å²) in [5.74, 6) is -0.696. The van der Waals surface area contributed by atoms with Crippen LogP contribution in [0.25, 0.3) is 5.69 Å². The third-order valence-electron chi connectivity index (χ3n) is 3.34. The second-order valence-electron chi connectivity index (χ2n) is 5.17. The summed E-state index contributed by atoms with van der Waals surface area (Å²) in [5.41, 5.74) is 1.45. The van der Waals surface area contributed by atoms with Gasteiger partial charge >= 0.3 is 0 Å². The third kappa shape index (κ3) is 3.57. The van der Waals surface area contributed by atoms with Gasteiger partial charge in [-0.05, 0) is 37.3 Å². The number of carbonyl (C=O) groups is 1. The van der Waals surface area contributed by atoms with Crippen molar-refractivity contribution in [2.75, 3.05) is 0 Å². The number of carbonyl (C=O) groups excluding carboxylic acids is 1. The normalized spacial score (nSPS) is 10.6. The van der Waals surface area contributed by atoms with Gasteiger partial charge in [-0.2, -0.15) is 0 Å². The van der Waals surface area contributed by atoms with E-state index in [-0.39, 0.29) is 17.3 Å². The van der Waals surface area contributed by atoms with Gasteiger partial charge in [-0.3, -0.25) is 14.2 Å². The van der Waals surface area contributed by atoms with Crippen molar-refractivity contribution in [2.45, 2.75) is 13.5 Å². The number of aryl methyl sites for hydroxylation is 1. The summed E-state index contributed by atoms with van der Waals surface area (Å²) in [6.07, 6.45) is 1.44. The highest BCUT2D eigenvalue weighted by Crippen LogP contribution is 2.10. The molecule has 3 rings (SSSR count). The van der Waals surface area contributed by atoms with Crippen LogP contribution in [0.1, 0.15) is 21.1 Å². The zero-order valence-corrected chi connectivity index (χ0v) is 13.6. The highest BCUT2D eigenvalue weighted by atomic mass is 32.1. The number of rotatable bonds is 4. The zero-order valence-electron chi connectivity index (χ0n) is 12.8. The predicted molar refractivity (Wildman–Crippen MR) is 90.0 cm³/mol. The molecule has 2 aromatic heterocycles. The van der Waals surface area contributed by atoms with Crippen molar-refractivity contribution in [2.24, 2.45) is 0 Å². The van der Waals surface area contributed by atoms with Crippen LogP contribution in [0.15, 0.2) is 52.8 Å². The van der Waals surface area contributed by atoms with Gasteiger partial charge in [0.05, 0.1) is 12.1 Å².